The summed E-state index contributed by atoms with van der Waals surface area (Å²) in [5, 5.41) is 2.82. The van der Waals surface area contributed by atoms with E-state index in [4.69, 9.17) is 18.6 Å². The molecular weight excluding hydrogens is 542 g/mol. The van der Waals surface area contributed by atoms with Gasteiger partial charge in [0, 0.05) is 12.8 Å². The number of hydrogen-bond acceptors (Lipinski definition) is 8. The van der Waals surface area contributed by atoms with Gasteiger partial charge in [0.05, 0.1) is 38.4 Å². The Morgan fingerprint density at radius 1 is 1.05 bits per heavy atom. The van der Waals surface area contributed by atoms with Crippen molar-refractivity contribution in [1.29, 1.82) is 0 Å². The van der Waals surface area contributed by atoms with Crippen LogP contribution in [-0.2, 0) is 37.8 Å². The molecule has 1 N–H and O–H groups in total. The number of hydrogen-bond donors (Lipinski definition) is 1. The van der Waals surface area contributed by atoms with Crippen LogP contribution in [0.2, 0.25) is 18.1 Å². The van der Waals surface area contributed by atoms with Crippen molar-refractivity contribution in [3.8, 4) is 0 Å². The number of nitrogens with one attached hydrogen (secondary N) is 1. The number of benzene rings is 1. The molecule has 9 nitrogen and oxygen atoms in total. The lowest BCUT2D eigenvalue weighted by Gasteiger charge is -2.45. The maximum Gasteiger partial charge on any atom is 0.306 e. The highest BCUT2D eigenvalue weighted by molar-refractivity contribution is 6.74. The van der Waals surface area contributed by atoms with Crippen molar-refractivity contribution in [3.05, 3.63) is 35.9 Å². The molecule has 2 unspecified atom stereocenters. The van der Waals surface area contributed by atoms with E-state index in [1.165, 1.54) is 7.11 Å². The minimum absolute atomic E-state index is 0.00223. The fraction of sp³-hybridized carbons (Fsp3) is 0.710. The Hall–Kier alpha value is -2.27. The molecule has 1 heterocycles. The third-order valence-electron chi connectivity index (χ3n) is 8.14. The first kappa shape index (κ1) is 34.9. The predicted octanol–water partition coefficient (Wildman–Crippen LogP) is 5.69. The Labute approximate surface area is 247 Å². The molecule has 10 heteroatoms. The van der Waals surface area contributed by atoms with Crippen molar-refractivity contribution < 1.29 is 37.8 Å². The first-order valence-corrected chi connectivity index (χ1v) is 17.6. The number of carbonyl (C=O) groups excluding carboxylic acids is 3. The largest absolute Gasteiger partial charge is 0.469 e. The highest BCUT2D eigenvalue weighted by atomic mass is 28.4. The normalized spacial score (nSPS) is 22.9. The Morgan fingerprint density at radius 2 is 1.71 bits per heavy atom. The number of rotatable bonds is 14. The molecule has 0 spiro atoms. The third kappa shape index (κ3) is 11.5. The molecule has 1 aliphatic rings. The highest BCUT2D eigenvalue weighted by Crippen LogP contribution is 2.40. The van der Waals surface area contributed by atoms with E-state index in [1.54, 1.807) is 0 Å². The average molecular weight is 594 g/mol. The van der Waals surface area contributed by atoms with Crippen LogP contribution in [0.15, 0.2) is 30.3 Å². The van der Waals surface area contributed by atoms with Crippen LogP contribution < -0.4 is 5.32 Å². The van der Waals surface area contributed by atoms with E-state index < -0.39 is 32.6 Å². The van der Waals surface area contributed by atoms with Crippen molar-refractivity contribution in [2.24, 2.45) is 5.92 Å². The van der Waals surface area contributed by atoms with Gasteiger partial charge in [-0.05, 0) is 56.3 Å². The van der Waals surface area contributed by atoms with Crippen LogP contribution in [0, 0.1) is 5.92 Å². The van der Waals surface area contributed by atoms with E-state index >= 15 is 0 Å². The van der Waals surface area contributed by atoms with E-state index in [9.17, 15) is 14.4 Å². The fourth-order valence-electron chi connectivity index (χ4n) is 4.22. The van der Waals surface area contributed by atoms with Crippen LogP contribution in [0.3, 0.4) is 0 Å². The maximum atomic E-state index is 12.9. The quantitative estimate of drug-likeness (QED) is 0.217. The molecule has 0 saturated carbocycles. The van der Waals surface area contributed by atoms with Gasteiger partial charge < -0.3 is 28.7 Å². The molecule has 2 rings (SSSR count). The summed E-state index contributed by atoms with van der Waals surface area (Å²) in [5.41, 5.74) is 0.766. The summed E-state index contributed by atoms with van der Waals surface area (Å²) < 4.78 is 29.7. The van der Waals surface area contributed by atoms with E-state index in [1.807, 2.05) is 37.3 Å². The molecule has 6 atom stereocenters. The lowest BCUT2D eigenvalue weighted by atomic mass is 9.95. The van der Waals surface area contributed by atoms with E-state index in [-0.39, 0.29) is 55.1 Å². The monoisotopic (exact) mass is 593 g/mol. The molecule has 1 aliphatic heterocycles. The summed E-state index contributed by atoms with van der Waals surface area (Å²) in [5.74, 6) is -0.813. The Bertz CT molecular complexity index is 980. The minimum Gasteiger partial charge on any atom is -0.469 e. The van der Waals surface area contributed by atoms with Crippen molar-refractivity contribution in [2.75, 3.05) is 13.7 Å². The van der Waals surface area contributed by atoms with E-state index in [2.05, 4.69) is 57.8 Å². The van der Waals surface area contributed by atoms with Gasteiger partial charge in [-0.2, -0.15) is 0 Å². The van der Waals surface area contributed by atoms with Crippen LogP contribution in [0.1, 0.15) is 85.3 Å². The molecular formula is C31H51NO8Si. The number of methoxy groups -OCH3 is 1. The van der Waals surface area contributed by atoms with Crippen LogP contribution in [0.5, 0.6) is 0 Å². The van der Waals surface area contributed by atoms with Gasteiger partial charge in [-0.25, -0.2) is 0 Å². The molecule has 0 radical (unpaired) electrons. The topological polar surface area (TPSA) is 109 Å². The third-order valence-corrected chi connectivity index (χ3v) is 12.6. The smallest absolute Gasteiger partial charge is 0.306 e. The Morgan fingerprint density at radius 3 is 2.32 bits per heavy atom. The van der Waals surface area contributed by atoms with Gasteiger partial charge >= 0.3 is 11.9 Å². The van der Waals surface area contributed by atoms with Gasteiger partial charge in [0.25, 0.3) is 0 Å². The molecule has 1 saturated heterocycles. The van der Waals surface area contributed by atoms with Crippen molar-refractivity contribution >= 4 is 26.2 Å². The second kappa shape index (κ2) is 15.8. The SMILES string of the molecule is COC(=O)CCC(=O)NC[C@H](OC(=O)CC[C@@H](C)O[C@@H]1OC(C)[C@H](C)CC1O[Si](C)(C)C(C)(C)C)c1ccccc1. The molecule has 1 aromatic rings. The average Bonchev–Trinajstić information content (AvgIpc) is 2.90. The van der Waals surface area contributed by atoms with Gasteiger partial charge in [-0.3, -0.25) is 14.4 Å². The molecule has 1 amide bonds. The van der Waals surface area contributed by atoms with Crippen LogP contribution in [0.25, 0.3) is 0 Å². The molecule has 41 heavy (non-hydrogen) atoms. The maximum absolute atomic E-state index is 12.9. The summed E-state index contributed by atoms with van der Waals surface area (Å²) in [6, 6.07) is 9.25. The molecule has 0 aromatic heterocycles. The van der Waals surface area contributed by atoms with Crippen molar-refractivity contribution in [2.45, 2.75) is 122 Å². The second-order valence-corrected chi connectivity index (χ2v) is 17.4. The van der Waals surface area contributed by atoms with E-state index in [0.717, 1.165) is 12.0 Å². The lowest BCUT2D eigenvalue weighted by molar-refractivity contribution is -0.260. The Balaban J connectivity index is 1.95. The first-order valence-electron chi connectivity index (χ1n) is 14.7. The second-order valence-electron chi connectivity index (χ2n) is 12.6. The fourth-order valence-corrected chi connectivity index (χ4v) is 5.54. The van der Waals surface area contributed by atoms with Crippen molar-refractivity contribution in [3.63, 3.8) is 0 Å². The number of esters is 2. The summed E-state index contributed by atoms with van der Waals surface area (Å²) >= 11 is 0. The summed E-state index contributed by atoms with van der Waals surface area (Å²) in [6.07, 6.45) is -0.100. The minimum atomic E-state index is -2.04. The zero-order valence-corrected chi connectivity index (χ0v) is 27.4. The predicted molar refractivity (Wildman–Crippen MR) is 160 cm³/mol. The highest BCUT2D eigenvalue weighted by Gasteiger charge is 2.44. The van der Waals surface area contributed by atoms with Crippen LogP contribution >= 0.6 is 0 Å². The first-order chi connectivity index (χ1) is 19.1. The molecule has 0 aliphatic carbocycles. The number of carbonyl (C=O) groups is 3. The summed E-state index contributed by atoms with van der Waals surface area (Å²) in [7, 11) is -0.761. The number of amides is 1. The zero-order valence-electron chi connectivity index (χ0n) is 26.4. The van der Waals surface area contributed by atoms with E-state index in [0.29, 0.717) is 12.3 Å². The molecule has 1 fully saturated rings. The van der Waals surface area contributed by atoms with Gasteiger partial charge in [0.2, 0.25) is 5.91 Å². The molecule has 0 bridgehead atoms. The summed E-state index contributed by atoms with van der Waals surface area (Å²) in [4.78, 5) is 36.4. The van der Waals surface area contributed by atoms with Crippen LogP contribution in [0.4, 0.5) is 0 Å². The molecule has 1 aromatic carbocycles. The number of ether oxygens (including phenoxy) is 4. The van der Waals surface area contributed by atoms with Crippen molar-refractivity contribution in [1.82, 2.24) is 5.32 Å². The molecule has 232 valence electrons. The standard InChI is InChI=1S/C31H51NO8Si/c1-21-19-25(40-41(8,9)31(4,5)6)30(38-23(21)3)37-22(2)15-17-29(35)39-26(24-13-11-10-12-14-24)20-32-27(33)16-18-28(34)36-7/h10-14,21-23,25-26,30H,15-20H2,1-9H3,(H,32,33)/t21-,22-,23?,25?,26+,30-/m1/s1. The van der Waals surface area contributed by atoms with Gasteiger partial charge in [0.1, 0.15) is 6.10 Å². The van der Waals surface area contributed by atoms with Crippen LogP contribution in [-0.4, -0.2) is 64.4 Å². The zero-order chi connectivity index (χ0) is 30.8. The lowest BCUT2D eigenvalue weighted by Crippen LogP contribution is -2.53. The van der Waals surface area contributed by atoms with Gasteiger partial charge in [-0.1, -0.05) is 58.0 Å². The summed E-state index contributed by atoms with van der Waals surface area (Å²) in [6.45, 7) is 17.4. The Kier molecular flexibility index (Phi) is 13.5. The van der Waals surface area contributed by atoms with Gasteiger partial charge in [-0.15, -0.1) is 0 Å². The van der Waals surface area contributed by atoms with Gasteiger partial charge in [0.15, 0.2) is 14.6 Å².